The average Bonchev–Trinajstić information content (AvgIpc) is 2.88. The van der Waals surface area contributed by atoms with Gasteiger partial charge in [-0.25, -0.2) is 4.98 Å². The van der Waals surface area contributed by atoms with Crippen molar-refractivity contribution < 1.29 is 9.66 Å². The highest BCUT2D eigenvalue weighted by molar-refractivity contribution is 5.43. The normalized spacial score (nSPS) is 10.6. The van der Waals surface area contributed by atoms with Gasteiger partial charge in [0.15, 0.2) is 0 Å². The van der Waals surface area contributed by atoms with Gasteiger partial charge in [0, 0.05) is 56.6 Å². The number of nitrogens with zero attached hydrogens (tertiary/aromatic N) is 3. The Balaban J connectivity index is 1.94. The fraction of sp³-hybridized carbons (Fsp3) is 0.357. The lowest BCUT2D eigenvalue weighted by molar-refractivity contribution is -0.384. The van der Waals surface area contributed by atoms with E-state index in [-0.39, 0.29) is 5.69 Å². The molecule has 0 fully saturated rings. The van der Waals surface area contributed by atoms with E-state index in [2.05, 4.69) is 10.3 Å². The van der Waals surface area contributed by atoms with Crippen LogP contribution in [0.1, 0.15) is 11.4 Å². The van der Waals surface area contributed by atoms with E-state index < -0.39 is 4.92 Å². The van der Waals surface area contributed by atoms with Crippen molar-refractivity contribution in [1.29, 1.82) is 0 Å². The lowest BCUT2D eigenvalue weighted by Crippen LogP contribution is -2.18. The second kappa shape index (κ2) is 6.85. The minimum atomic E-state index is -0.406. The first-order valence-electron chi connectivity index (χ1n) is 6.60. The molecule has 21 heavy (non-hydrogen) atoms. The molecule has 0 saturated carbocycles. The van der Waals surface area contributed by atoms with Gasteiger partial charge in [0.1, 0.15) is 11.6 Å². The lowest BCUT2D eigenvalue weighted by atomic mass is 10.1. The number of hydrogen-bond donors (Lipinski definition) is 1. The van der Waals surface area contributed by atoms with Crippen LogP contribution in [0.25, 0.3) is 0 Å². The largest absolute Gasteiger partial charge is 0.496 e. The monoisotopic (exact) mass is 290 g/mol. The van der Waals surface area contributed by atoms with Gasteiger partial charge in [-0.2, -0.15) is 0 Å². The zero-order valence-electron chi connectivity index (χ0n) is 12.1. The number of aryl methyl sites for hydroxylation is 1. The number of aromatic nitrogens is 2. The summed E-state index contributed by atoms with van der Waals surface area (Å²) < 4.78 is 7.19. The summed E-state index contributed by atoms with van der Waals surface area (Å²) in [7, 11) is 3.50. The van der Waals surface area contributed by atoms with Crippen molar-refractivity contribution in [2.45, 2.75) is 13.0 Å². The maximum atomic E-state index is 10.8. The molecule has 0 atom stereocenters. The number of nitro benzene ring substituents is 1. The Morgan fingerprint density at radius 3 is 2.90 bits per heavy atom. The Hall–Kier alpha value is -2.41. The second-order valence-electron chi connectivity index (χ2n) is 4.63. The Kier molecular flexibility index (Phi) is 4.89. The molecule has 1 heterocycles. The average molecular weight is 290 g/mol. The molecule has 7 heteroatoms. The highest BCUT2D eigenvalue weighted by atomic mass is 16.6. The Morgan fingerprint density at radius 2 is 2.29 bits per heavy atom. The summed E-state index contributed by atoms with van der Waals surface area (Å²) in [5, 5.41) is 14.1. The van der Waals surface area contributed by atoms with Gasteiger partial charge in [-0.05, 0) is 6.07 Å². The van der Waals surface area contributed by atoms with Crippen LogP contribution in [0.5, 0.6) is 5.75 Å². The zero-order valence-corrected chi connectivity index (χ0v) is 12.1. The summed E-state index contributed by atoms with van der Waals surface area (Å²) in [4.78, 5) is 14.6. The number of methoxy groups -OCH3 is 1. The van der Waals surface area contributed by atoms with E-state index in [1.165, 1.54) is 12.1 Å². The van der Waals surface area contributed by atoms with Crippen molar-refractivity contribution in [3.63, 3.8) is 0 Å². The fourth-order valence-electron chi connectivity index (χ4n) is 2.08. The van der Waals surface area contributed by atoms with Crippen LogP contribution in [-0.2, 0) is 20.0 Å². The molecule has 0 unspecified atom stereocenters. The molecule has 0 aliphatic carbocycles. The van der Waals surface area contributed by atoms with Crippen LogP contribution in [0.3, 0.4) is 0 Å². The highest BCUT2D eigenvalue weighted by Crippen LogP contribution is 2.23. The second-order valence-corrected chi connectivity index (χ2v) is 4.63. The van der Waals surface area contributed by atoms with Gasteiger partial charge in [0.2, 0.25) is 0 Å². The van der Waals surface area contributed by atoms with E-state index in [1.54, 1.807) is 19.4 Å². The molecule has 0 amide bonds. The molecule has 0 spiro atoms. The summed E-state index contributed by atoms with van der Waals surface area (Å²) in [6, 6.07) is 4.59. The maximum Gasteiger partial charge on any atom is 0.270 e. The first kappa shape index (κ1) is 15.0. The van der Waals surface area contributed by atoms with Crippen LogP contribution in [0.2, 0.25) is 0 Å². The summed E-state index contributed by atoms with van der Waals surface area (Å²) in [5.41, 5.74) is 0.836. The molecule has 1 N–H and O–H groups in total. The number of benzene rings is 1. The fourth-order valence-corrected chi connectivity index (χ4v) is 2.08. The highest BCUT2D eigenvalue weighted by Gasteiger charge is 2.11. The Bertz CT molecular complexity index is 624. The van der Waals surface area contributed by atoms with Crippen molar-refractivity contribution in [2.75, 3.05) is 13.7 Å². The number of nitrogens with one attached hydrogen (secondary N) is 1. The number of non-ortho nitro benzene ring substituents is 1. The van der Waals surface area contributed by atoms with Crippen molar-refractivity contribution in [2.24, 2.45) is 7.05 Å². The van der Waals surface area contributed by atoms with E-state index in [4.69, 9.17) is 4.74 Å². The van der Waals surface area contributed by atoms with Gasteiger partial charge >= 0.3 is 0 Å². The molecule has 0 aliphatic rings. The van der Waals surface area contributed by atoms with E-state index >= 15 is 0 Å². The molecule has 7 nitrogen and oxygen atoms in total. The van der Waals surface area contributed by atoms with Gasteiger partial charge in [-0.1, -0.05) is 0 Å². The Labute approximate surface area is 122 Å². The number of hydrogen-bond acceptors (Lipinski definition) is 5. The molecule has 0 saturated heterocycles. The minimum Gasteiger partial charge on any atom is -0.496 e. The third-order valence-corrected chi connectivity index (χ3v) is 3.24. The standard InChI is InChI=1S/C14H18N4O3/c1-17-8-7-16-14(17)5-6-15-10-11-9-12(18(19)20)3-4-13(11)21-2/h3-4,7-9,15H,5-6,10H2,1-2H3. The molecule has 112 valence electrons. The van der Waals surface area contributed by atoms with Crippen molar-refractivity contribution >= 4 is 5.69 Å². The van der Waals surface area contributed by atoms with E-state index in [9.17, 15) is 10.1 Å². The molecule has 0 radical (unpaired) electrons. The third kappa shape index (κ3) is 3.79. The van der Waals surface area contributed by atoms with Crippen molar-refractivity contribution in [3.8, 4) is 5.75 Å². The number of ether oxygens (including phenoxy) is 1. The number of nitro groups is 1. The first-order chi connectivity index (χ1) is 10.1. The van der Waals surface area contributed by atoms with Crippen LogP contribution in [-0.4, -0.2) is 28.1 Å². The van der Waals surface area contributed by atoms with E-state index in [0.717, 1.165) is 24.4 Å². The molecular formula is C14H18N4O3. The molecule has 2 aromatic rings. The van der Waals surface area contributed by atoms with Crippen molar-refractivity contribution in [1.82, 2.24) is 14.9 Å². The zero-order chi connectivity index (χ0) is 15.2. The molecule has 1 aromatic carbocycles. The van der Waals surface area contributed by atoms with Crippen LogP contribution >= 0.6 is 0 Å². The summed E-state index contributed by atoms with van der Waals surface area (Å²) >= 11 is 0. The van der Waals surface area contributed by atoms with E-state index in [1.807, 2.05) is 17.8 Å². The van der Waals surface area contributed by atoms with E-state index in [0.29, 0.717) is 12.3 Å². The Morgan fingerprint density at radius 1 is 1.48 bits per heavy atom. The first-order valence-corrected chi connectivity index (χ1v) is 6.60. The topological polar surface area (TPSA) is 82.2 Å². The number of rotatable bonds is 7. The smallest absolute Gasteiger partial charge is 0.270 e. The predicted molar refractivity (Wildman–Crippen MR) is 78.3 cm³/mol. The summed E-state index contributed by atoms with van der Waals surface area (Å²) in [6.45, 7) is 1.24. The molecule has 2 rings (SSSR count). The molecule has 0 bridgehead atoms. The van der Waals surface area contributed by atoms with Gasteiger partial charge in [-0.3, -0.25) is 10.1 Å². The SMILES string of the molecule is COc1ccc([N+](=O)[O-])cc1CNCCc1nccn1C. The van der Waals surface area contributed by atoms with Gasteiger partial charge < -0.3 is 14.6 Å². The molecular weight excluding hydrogens is 272 g/mol. The van der Waals surface area contributed by atoms with Gasteiger partial charge in [0.05, 0.1) is 12.0 Å². The van der Waals surface area contributed by atoms with Gasteiger partial charge in [0.25, 0.3) is 5.69 Å². The van der Waals surface area contributed by atoms with Crippen LogP contribution in [0.4, 0.5) is 5.69 Å². The molecule has 1 aromatic heterocycles. The molecule has 0 aliphatic heterocycles. The minimum absolute atomic E-state index is 0.0664. The quantitative estimate of drug-likeness (QED) is 0.476. The van der Waals surface area contributed by atoms with Crippen LogP contribution in [0.15, 0.2) is 30.6 Å². The van der Waals surface area contributed by atoms with Crippen LogP contribution < -0.4 is 10.1 Å². The maximum absolute atomic E-state index is 10.8. The summed E-state index contributed by atoms with van der Waals surface area (Å²) in [5.74, 6) is 1.64. The van der Waals surface area contributed by atoms with Crippen LogP contribution in [0, 0.1) is 10.1 Å². The predicted octanol–water partition coefficient (Wildman–Crippen LogP) is 1.67. The third-order valence-electron chi connectivity index (χ3n) is 3.24. The van der Waals surface area contributed by atoms with Gasteiger partial charge in [-0.15, -0.1) is 0 Å². The van der Waals surface area contributed by atoms with Crippen molar-refractivity contribution in [3.05, 3.63) is 52.1 Å². The summed E-state index contributed by atoms with van der Waals surface area (Å²) in [6.07, 6.45) is 4.46. The lowest BCUT2D eigenvalue weighted by Gasteiger charge is -2.09. The number of imidazole rings is 1.